The summed E-state index contributed by atoms with van der Waals surface area (Å²) in [7, 11) is 0. The average Bonchev–Trinajstić information content (AvgIpc) is 3.36. The van der Waals surface area contributed by atoms with Gasteiger partial charge in [0.05, 0.1) is 12.3 Å². The lowest BCUT2D eigenvalue weighted by Gasteiger charge is -2.57. The van der Waals surface area contributed by atoms with Crippen LogP contribution in [0.5, 0.6) is 0 Å². The smallest absolute Gasteiger partial charge is 0.306 e. The van der Waals surface area contributed by atoms with Crippen LogP contribution in [-0.2, 0) is 14.3 Å². The Bertz CT molecular complexity index is 935. The summed E-state index contributed by atoms with van der Waals surface area (Å²) in [5.41, 5.74) is 2.50. The standard InChI is InChI=1S/C25H32N2O3/c1-15(28)27-14-16-13-23(2)17(12-21(16)26-27)4-5-18-19(23)6-9-24(3)20(18)7-10-25(24)11-8-22(29)30-25/h4-5,12,16,18-20H,6-11,13-14H2,1-3H3/t16-,18+,19-,20-,23-,24-,25+/m0/s1. The van der Waals surface area contributed by atoms with Gasteiger partial charge in [0.15, 0.2) is 0 Å². The molecule has 1 saturated heterocycles. The van der Waals surface area contributed by atoms with Crippen molar-refractivity contribution in [2.75, 3.05) is 6.54 Å². The van der Waals surface area contributed by atoms with Crippen LogP contribution in [0, 0.1) is 34.5 Å². The van der Waals surface area contributed by atoms with Crippen LogP contribution in [0.2, 0.25) is 0 Å². The van der Waals surface area contributed by atoms with Crippen molar-refractivity contribution in [1.29, 1.82) is 0 Å². The number of hydrazone groups is 1. The number of fused-ring (bicyclic) bond motifs is 7. The second kappa shape index (κ2) is 5.86. The van der Waals surface area contributed by atoms with Crippen molar-refractivity contribution in [3.8, 4) is 0 Å². The van der Waals surface area contributed by atoms with Gasteiger partial charge in [-0.25, -0.2) is 5.01 Å². The molecule has 4 aliphatic carbocycles. The number of nitrogens with zero attached hydrogens (tertiary/aromatic N) is 2. The van der Waals surface area contributed by atoms with Crippen molar-refractivity contribution in [2.45, 2.75) is 71.3 Å². The molecule has 6 rings (SSSR count). The van der Waals surface area contributed by atoms with Crippen LogP contribution >= 0.6 is 0 Å². The molecule has 1 spiro atoms. The van der Waals surface area contributed by atoms with E-state index in [4.69, 9.17) is 4.74 Å². The van der Waals surface area contributed by atoms with Crippen LogP contribution in [0.15, 0.2) is 28.9 Å². The minimum atomic E-state index is -0.218. The van der Waals surface area contributed by atoms with E-state index in [-0.39, 0.29) is 28.3 Å². The number of amides is 1. The zero-order valence-electron chi connectivity index (χ0n) is 18.3. The van der Waals surface area contributed by atoms with E-state index in [0.717, 1.165) is 37.9 Å². The highest BCUT2D eigenvalue weighted by molar-refractivity contribution is 6.01. The number of ether oxygens (including phenoxy) is 1. The van der Waals surface area contributed by atoms with E-state index in [2.05, 4.69) is 37.2 Å². The summed E-state index contributed by atoms with van der Waals surface area (Å²) in [6.07, 6.45) is 14.2. The molecule has 0 unspecified atom stereocenters. The first-order valence-electron chi connectivity index (χ1n) is 11.7. The third-order valence-corrected chi connectivity index (χ3v) is 10.0. The lowest BCUT2D eigenvalue weighted by Crippen LogP contribution is -2.54. The fourth-order valence-corrected chi connectivity index (χ4v) is 8.35. The van der Waals surface area contributed by atoms with Gasteiger partial charge in [-0.2, -0.15) is 5.10 Å². The number of allylic oxidation sites excluding steroid dienone is 4. The van der Waals surface area contributed by atoms with Crippen molar-refractivity contribution >= 4 is 17.6 Å². The molecule has 7 atom stereocenters. The Balaban J connectivity index is 1.34. The van der Waals surface area contributed by atoms with E-state index < -0.39 is 0 Å². The summed E-state index contributed by atoms with van der Waals surface area (Å²) < 4.78 is 6.06. The van der Waals surface area contributed by atoms with Crippen LogP contribution in [0.3, 0.4) is 0 Å². The Labute approximate surface area is 178 Å². The molecule has 0 bridgehead atoms. The molecule has 2 saturated carbocycles. The van der Waals surface area contributed by atoms with Crippen molar-refractivity contribution in [2.24, 2.45) is 39.6 Å². The first kappa shape index (κ1) is 18.8. The van der Waals surface area contributed by atoms with Crippen LogP contribution in [0.25, 0.3) is 0 Å². The van der Waals surface area contributed by atoms with Gasteiger partial charge in [0.1, 0.15) is 5.60 Å². The van der Waals surface area contributed by atoms with Crippen LogP contribution in [-0.4, -0.2) is 34.7 Å². The van der Waals surface area contributed by atoms with Crippen LogP contribution in [0.4, 0.5) is 0 Å². The van der Waals surface area contributed by atoms with Gasteiger partial charge in [0, 0.05) is 24.7 Å². The fourth-order valence-electron chi connectivity index (χ4n) is 8.35. The van der Waals surface area contributed by atoms with Gasteiger partial charge in [-0.3, -0.25) is 9.59 Å². The summed E-state index contributed by atoms with van der Waals surface area (Å²) in [6.45, 7) is 7.20. The highest BCUT2D eigenvalue weighted by Gasteiger charge is 2.66. The Kier molecular flexibility index (Phi) is 3.68. The second-order valence-electron chi connectivity index (χ2n) is 11.2. The Hall–Kier alpha value is -1.91. The molecule has 0 aromatic carbocycles. The normalized spacial score (nSPS) is 48.5. The van der Waals surface area contributed by atoms with Gasteiger partial charge < -0.3 is 4.74 Å². The summed E-state index contributed by atoms with van der Waals surface area (Å²) in [5.74, 6) is 2.15. The average molecular weight is 409 g/mol. The highest BCUT2D eigenvalue weighted by Crippen LogP contribution is 2.68. The molecule has 2 aliphatic heterocycles. The molecule has 6 aliphatic rings. The quantitative estimate of drug-likeness (QED) is 0.563. The summed E-state index contributed by atoms with van der Waals surface area (Å²) >= 11 is 0. The Morgan fingerprint density at radius 2 is 2.00 bits per heavy atom. The summed E-state index contributed by atoms with van der Waals surface area (Å²) in [6, 6.07) is 0. The molecule has 5 nitrogen and oxygen atoms in total. The fraction of sp³-hybridized carbons (Fsp3) is 0.720. The van der Waals surface area contributed by atoms with Crippen molar-refractivity contribution in [3.05, 3.63) is 23.8 Å². The van der Waals surface area contributed by atoms with E-state index in [9.17, 15) is 9.59 Å². The van der Waals surface area contributed by atoms with Gasteiger partial charge in [0.2, 0.25) is 5.91 Å². The molecule has 0 aromatic rings. The van der Waals surface area contributed by atoms with Gasteiger partial charge >= 0.3 is 5.97 Å². The van der Waals surface area contributed by atoms with Crippen LogP contribution < -0.4 is 0 Å². The lowest BCUT2D eigenvalue weighted by molar-refractivity contribution is -0.165. The first-order valence-corrected chi connectivity index (χ1v) is 11.7. The highest BCUT2D eigenvalue weighted by atomic mass is 16.6. The molecule has 5 heteroatoms. The molecule has 0 N–H and O–H groups in total. The van der Waals surface area contributed by atoms with Crippen molar-refractivity contribution in [1.82, 2.24) is 5.01 Å². The predicted molar refractivity (Wildman–Crippen MR) is 113 cm³/mol. The molecule has 3 fully saturated rings. The number of hydrogen-bond donors (Lipinski definition) is 0. The SMILES string of the molecule is CC(=O)N1C[C@@H]2C[C@@]3(C)C(=CC2=N1)C=C[C@@H]1[C@@H]3CC[C@@]2(C)[C@H]1CC[C@@]21CCC(=O)O1. The van der Waals surface area contributed by atoms with E-state index in [1.807, 2.05) is 0 Å². The van der Waals surface area contributed by atoms with E-state index in [1.165, 1.54) is 18.4 Å². The van der Waals surface area contributed by atoms with Gasteiger partial charge in [0.25, 0.3) is 0 Å². The molecule has 1 amide bonds. The summed E-state index contributed by atoms with van der Waals surface area (Å²) in [4.78, 5) is 23.9. The predicted octanol–water partition coefficient (Wildman–Crippen LogP) is 4.25. The monoisotopic (exact) mass is 408 g/mol. The van der Waals surface area contributed by atoms with Gasteiger partial charge in [-0.15, -0.1) is 0 Å². The third kappa shape index (κ3) is 2.22. The maximum atomic E-state index is 12.0. The minimum absolute atomic E-state index is 0.00530. The van der Waals surface area contributed by atoms with E-state index in [0.29, 0.717) is 30.1 Å². The van der Waals surface area contributed by atoms with Crippen molar-refractivity contribution in [3.63, 3.8) is 0 Å². The molecule has 2 heterocycles. The number of carbonyl (C=O) groups is 2. The molecule has 0 aromatic heterocycles. The number of esters is 1. The number of hydrogen-bond acceptors (Lipinski definition) is 4. The summed E-state index contributed by atoms with van der Waals surface area (Å²) in [5, 5.41) is 6.24. The zero-order valence-corrected chi connectivity index (χ0v) is 18.3. The maximum absolute atomic E-state index is 12.0. The van der Waals surface area contributed by atoms with E-state index in [1.54, 1.807) is 11.9 Å². The zero-order chi connectivity index (χ0) is 20.9. The topological polar surface area (TPSA) is 59.0 Å². The first-order chi connectivity index (χ1) is 14.3. The largest absolute Gasteiger partial charge is 0.458 e. The number of rotatable bonds is 0. The molecular weight excluding hydrogens is 376 g/mol. The van der Waals surface area contributed by atoms with Crippen LogP contribution in [0.1, 0.15) is 65.7 Å². The Morgan fingerprint density at radius 3 is 2.73 bits per heavy atom. The lowest BCUT2D eigenvalue weighted by atomic mass is 9.47. The van der Waals surface area contributed by atoms with E-state index >= 15 is 0 Å². The van der Waals surface area contributed by atoms with Gasteiger partial charge in [-0.05, 0) is 73.3 Å². The maximum Gasteiger partial charge on any atom is 0.306 e. The minimum Gasteiger partial charge on any atom is -0.458 e. The molecule has 0 radical (unpaired) electrons. The van der Waals surface area contributed by atoms with Crippen molar-refractivity contribution < 1.29 is 14.3 Å². The van der Waals surface area contributed by atoms with Gasteiger partial charge in [-0.1, -0.05) is 26.0 Å². The molecule has 160 valence electrons. The third-order valence-electron chi connectivity index (χ3n) is 10.0. The number of carbonyl (C=O) groups excluding carboxylic acids is 2. The Morgan fingerprint density at radius 1 is 1.20 bits per heavy atom. The molecular formula is C25H32N2O3. The molecule has 30 heavy (non-hydrogen) atoms. The second-order valence-corrected chi connectivity index (χ2v) is 11.2.